The molecular weight excluding hydrogens is 437 g/mol. The third kappa shape index (κ3) is 5.40. The smallest absolute Gasteiger partial charge is 0.416 e. The average molecular weight is 462 g/mol. The molecule has 1 saturated carbocycles. The summed E-state index contributed by atoms with van der Waals surface area (Å²) in [6.07, 6.45) is -2.57. The number of oxime groups is 1. The number of methoxy groups -OCH3 is 2. The maximum absolute atomic E-state index is 12.9. The first kappa shape index (κ1) is 22.9. The van der Waals surface area contributed by atoms with E-state index in [0.717, 1.165) is 36.2 Å². The lowest BCUT2D eigenvalue weighted by Gasteiger charge is -2.25. The fraction of sp³-hybridized carbons (Fsp3) is 0.417. The van der Waals surface area contributed by atoms with Gasteiger partial charge in [-0.3, -0.25) is 4.79 Å². The monoisotopic (exact) mass is 462 g/mol. The van der Waals surface area contributed by atoms with Crippen LogP contribution in [0.4, 0.5) is 13.2 Å². The average Bonchev–Trinajstić information content (AvgIpc) is 3.56. The Balaban J connectivity index is 1.43. The molecule has 1 aliphatic heterocycles. The zero-order valence-electron chi connectivity index (χ0n) is 18.4. The molecule has 0 bridgehead atoms. The van der Waals surface area contributed by atoms with Crippen LogP contribution >= 0.6 is 0 Å². The van der Waals surface area contributed by atoms with E-state index in [9.17, 15) is 18.0 Å². The van der Waals surface area contributed by atoms with Crippen LogP contribution in [-0.2, 0) is 22.4 Å². The molecule has 1 aliphatic carbocycles. The molecule has 2 aliphatic rings. The van der Waals surface area contributed by atoms with Crippen molar-refractivity contribution in [3.63, 3.8) is 0 Å². The zero-order valence-corrected chi connectivity index (χ0v) is 18.4. The molecule has 0 N–H and O–H groups in total. The standard InChI is InChI=1S/C24H25F3N2O4/c1-31-21-10-7-17(11-22(21)32-2)20-12-19(33-28-20)14-29(23(30)16-5-6-16)13-15-3-8-18(9-4-15)24(25,26)27/h3-4,7-11,16,19H,5-6,12-14H2,1-2H3/t19-/m0/s1. The maximum atomic E-state index is 12.9. The summed E-state index contributed by atoms with van der Waals surface area (Å²) < 4.78 is 49.2. The normalized spacial score (nSPS) is 17.8. The number of carbonyl (C=O) groups is 1. The Morgan fingerprint density at radius 3 is 2.39 bits per heavy atom. The van der Waals surface area contributed by atoms with Gasteiger partial charge in [0.25, 0.3) is 0 Å². The molecule has 1 fully saturated rings. The second-order valence-corrected chi connectivity index (χ2v) is 8.23. The molecule has 0 aromatic heterocycles. The van der Waals surface area contributed by atoms with E-state index in [4.69, 9.17) is 14.3 Å². The van der Waals surface area contributed by atoms with Gasteiger partial charge in [0.05, 0.1) is 32.0 Å². The molecule has 6 nitrogen and oxygen atoms in total. The van der Waals surface area contributed by atoms with E-state index >= 15 is 0 Å². The van der Waals surface area contributed by atoms with Crippen LogP contribution in [0.1, 0.15) is 36.0 Å². The van der Waals surface area contributed by atoms with Gasteiger partial charge in [0.2, 0.25) is 5.91 Å². The number of rotatable bonds is 8. The fourth-order valence-electron chi connectivity index (χ4n) is 3.80. The van der Waals surface area contributed by atoms with Crippen LogP contribution in [0.3, 0.4) is 0 Å². The molecule has 0 saturated heterocycles. The minimum absolute atomic E-state index is 0.00179. The predicted molar refractivity (Wildman–Crippen MR) is 115 cm³/mol. The van der Waals surface area contributed by atoms with Gasteiger partial charge in [-0.2, -0.15) is 13.2 Å². The first-order chi connectivity index (χ1) is 15.8. The number of carbonyl (C=O) groups excluding carboxylic acids is 1. The first-order valence-electron chi connectivity index (χ1n) is 10.7. The molecule has 176 valence electrons. The molecule has 9 heteroatoms. The van der Waals surface area contributed by atoms with E-state index in [2.05, 4.69) is 5.16 Å². The van der Waals surface area contributed by atoms with Crippen LogP contribution in [0.2, 0.25) is 0 Å². The van der Waals surface area contributed by atoms with Crippen molar-refractivity contribution in [2.75, 3.05) is 20.8 Å². The predicted octanol–water partition coefficient (Wildman–Crippen LogP) is 4.65. The Kier molecular flexibility index (Phi) is 6.49. The highest BCUT2D eigenvalue weighted by atomic mass is 19.4. The number of amides is 1. The van der Waals surface area contributed by atoms with Crippen molar-refractivity contribution in [3.05, 3.63) is 59.2 Å². The molecule has 33 heavy (non-hydrogen) atoms. The third-order valence-corrected chi connectivity index (χ3v) is 5.77. The van der Waals surface area contributed by atoms with Crippen molar-refractivity contribution < 1.29 is 32.3 Å². The summed E-state index contributed by atoms with van der Waals surface area (Å²) in [6.45, 7) is 0.523. The molecule has 1 amide bonds. The van der Waals surface area contributed by atoms with Crippen LogP contribution < -0.4 is 9.47 Å². The van der Waals surface area contributed by atoms with Gasteiger partial charge < -0.3 is 19.2 Å². The first-order valence-corrected chi connectivity index (χ1v) is 10.7. The molecular formula is C24H25F3N2O4. The summed E-state index contributed by atoms with van der Waals surface area (Å²) in [4.78, 5) is 20.1. The minimum Gasteiger partial charge on any atom is -0.493 e. The summed E-state index contributed by atoms with van der Waals surface area (Å²) in [6, 6.07) is 10.4. The Hall–Kier alpha value is -3.23. The fourth-order valence-corrected chi connectivity index (χ4v) is 3.80. The number of ether oxygens (including phenoxy) is 2. The molecule has 2 aromatic rings. The SMILES string of the molecule is COc1ccc(C2=NO[C@H](CN(Cc3ccc(C(F)(F)F)cc3)C(=O)C3CC3)C2)cc1OC. The lowest BCUT2D eigenvalue weighted by atomic mass is 10.0. The Morgan fingerprint density at radius 1 is 1.09 bits per heavy atom. The summed E-state index contributed by atoms with van der Waals surface area (Å²) in [5.74, 6) is 1.16. The van der Waals surface area contributed by atoms with E-state index in [1.807, 2.05) is 12.1 Å². The van der Waals surface area contributed by atoms with Gasteiger partial charge in [0.1, 0.15) is 0 Å². The number of hydrogen-bond acceptors (Lipinski definition) is 5. The molecule has 2 aromatic carbocycles. The minimum atomic E-state index is -4.39. The van der Waals surface area contributed by atoms with Gasteiger partial charge in [0, 0.05) is 24.4 Å². The number of alkyl halides is 3. The molecule has 0 unspecified atom stereocenters. The lowest BCUT2D eigenvalue weighted by molar-refractivity contribution is -0.138. The summed E-state index contributed by atoms with van der Waals surface area (Å²) in [5, 5.41) is 4.19. The summed E-state index contributed by atoms with van der Waals surface area (Å²) in [5.41, 5.74) is 1.49. The van der Waals surface area contributed by atoms with Crippen LogP contribution in [0.25, 0.3) is 0 Å². The second-order valence-electron chi connectivity index (χ2n) is 8.23. The number of benzene rings is 2. The van der Waals surface area contributed by atoms with Crippen LogP contribution in [0.15, 0.2) is 47.6 Å². The Labute approximate surface area is 189 Å². The number of nitrogens with zero attached hydrogens (tertiary/aromatic N) is 2. The van der Waals surface area contributed by atoms with Crippen molar-refractivity contribution in [2.24, 2.45) is 11.1 Å². The highest BCUT2D eigenvalue weighted by Gasteiger charge is 2.36. The highest BCUT2D eigenvalue weighted by Crippen LogP contribution is 2.34. The topological polar surface area (TPSA) is 60.4 Å². The maximum Gasteiger partial charge on any atom is 0.416 e. The number of hydrogen-bond donors (Lipinski definition) is 0. The zero-order chi connectivity index (χ0) is 23.6. The molecule has 4 rings (SSSR count). The van der Waals surface area contributed by atoms with E-state index in [1.165, 1.54) is 12.1 Å². The Bertz CT molecular complexity index is 1030. The van der Waals surface area contributed by atoms with Crippen molar-refractivity contribution >= 4 is 11.6 Å². The summed E-state index contributed by atoms with van der Waals surface area (Å²) >= 11 is 0. The van der Waals surface area contributed by atoms with Gasteiger partial charge in [0.15, 0.2) is 17.6 Å². The van der Waals surface area contributed by atoms with Gasteiger partial charge in [-0.1, -0.05) is 17.3 Å². The van der Waals surface area contributed by atoms with Crippen molar-refractivity contribution in [1.82, 2.24) is 4.90 Å². The molecule has 1 heterocycles. The number of halogens is 3. The van der Waals surface area contributed by atoms with Crippen molar-refractivity contribution in [2.45, 2.75) is 38.1 Å². The summed E-state index contributed by atoms with van der Waals surface area (Å²) in [7, 11) is 3.12. The van der Waals surface area contributed by atoms with E-state index in [0.29, 0.717) is 30.0 Å². The van der Waals surface area contributed by atoms with Crippen LogP contribution in [0.5, 0.6) is 11.5 Å². The van der Waals surface area contributed by atoms with Crippen molar-refractivity contribution in [1.29, 1.82) is 0 Å². The largest absolute Gasteiger partial charge is 0.493 e. The van der Waals surface area contributed by atoms with E-state index in [1.54, 1.807) is 25.2 Å². The van der Waals surface area contributed by atoms with Crippen molar-refractivity contribution in [3.8, 4) is 11.5 Å². The Morgan fingerprint density at radius 2 is 1.79 bits per heavy atom. The van der Waals surface area contributed by atoms with Crippen LogP contribution in [0, 0.1) is 5.92 Å². The van der Waals surface area contributed by atoms with Gasteiger partial charge in [-0.25, -0.2) is 0 Å². The molecule has 0 radical (unpaired) electrons. The van der Waals surface area contributed by atoms with E-state index in [-0.39, 0.29) is 24.5 Å². The van der Waals surface area contributed by atoms with Gasteiger partial charge >= 0.3 is 6.18 Å². The quantitative estimate of drug-likeness (QED) is 0.573. The lowest BCUT2D eigenvalue weighted by Crippen LogP contribution is -2.38. The van der Waals surface area contributed by atoms with Gasteiger partial charge in [-0.05, 0) is 48.7 Å². The molecule has 0 spiro atoms. The van der Waals surface area contributed by atoms with Crippen LogP contribution in [-0.4, -0.2) is 43.4 Å². The second kappa shape index (κ2) is 9.33. The van der Waals surface area contributed by atoms with E-state index < -0.39 is 11.7 Å². The third-order valence-electron chi connectivity index (χ3n) is 5.77. The highest BCUT2D eigenvalue weighted by molar-refractivity contribution is 6.01. The van der Waals surface area contributed by atoms with Gasteiger partial charge in [-0.15, -0.1) is 0 Å². The molecule has 1 atom stereocenters.